The van der Waals surface area contributed by atoms with Gasteiger partial charge < -0.3 is 93.0 Å². The number of aromatic hydroxyl groups is 3. The molecule has 0 amide bonds. The van der Waals surface area contributed by atoms with Gasteiger partial charge in [-0.2, -0.15) is 0 Å². The van der Waals surface area contributed by atoms with Crippen LogP contribution >= 0.6 is 0 Å². The number of rotatable bonds is 18. The second kappa shape index (κ2) is 23.0. The third-order valence-corrected chi connectivity index (χ3v) is 10.1. The fraction of sp³-hybridized carbons (Fsp3) is 0.386. The summed E-state index contributed by atoms with van der Waals surface area (Å²) in [5.41, 5.74) is 1.01. The number of hydrogen-bond donors (Lipinski definition) is 8. The van der Waals surface area contributed by atoms with Gasteiger partial charge in [0.25, 0.3) is 0 Å². The molecule has 358 valence electrons. The van der Waals surface area contributed by atoms with Crippen LogP contribution in [0.2, 0.25) is 0 Å². The number of methoxy groups -OCH3 is 5. The van der Waals surface area contributed by atoms with Crippen molar-refractivity contribution in [3.05, 3.63) is 77.4 Å². The number of phenols is 3. The Hall–Kier alpha value is -6.63. The lowest BCUT2D eigenvalue weighted by molar-refractivity contribution is -0.328. The molecule has 10 atom stereocenters. The van der Waals surface area contributed by atoms with Crippen LogP contribution in [0.1, 0.15) is 16.7 Å². The lowest BCUT2D eigenvalue weighted by atomic mass is 9.98. The Morgan fingerprint density at radius 2 is 0.924 bits per heavy atom. The molecule has 0 aromatic heterocycles. The minimum Gasteiger partial charge on any atom is -0.504 e. The number of benzene rings is 3. The minimum atomic E-state index is -2.04. The molecule has 8 N–H and O–H groups in total. The van der Waals surface area contributed by atoms with Crippen LogP contribution in [0.15, 0.2) is 60.7 Å². The molecule has 2 heterocycles. The summed E-state index contributed by atoms with van der Waals surface area (Å²) in [6.45, 7) is -1.61. The smallest absolute Gasteiger partial charge is 0.333 e. The second-order valence-electron chi connectivity index (χ2n) is 14.3. The van der Waals surface area contributed by atoms with Gasteiger partial charge in [-0.05, 0) is 71.3 Å². The monoisotopic (exact) mass is 930 g/mol. The van der Waals surface area contributed by atoms with Crippen molar-refractivity contribution >= 4 is 36.1 Å². The number of carbonyl (C=O) groups is 3. The molecule has 2 fully saturated rings. The first-order valence-electron chi connectivity index (χ1n) is 19.7. The Morgan fingerprint density at radius 1 is 0.530 bits per heavy atom. The topological polar surface area (TPSA) is 315 Å². The largest absolute Gasteiger partial charge is 0.504 e. The lowest BCUT2D eigenvalue weighted by Crippen LogP contribution is -2.63. The first kappa shape index (κ1) is 50.4. The number of phenolic OH excluding ortho intramolecular Hbond substituents is 3. The molecule has 0 saturated carbocycles. The zero-order valence-corrected chi connectivity index (χ0v) is 36.0. The highest BCUT2D eigenvalue weighted by atomic mass is 16.8. The summed E-state index contributed by atoms with van der Waals surface area (Å²) in [6, 6.07) is 9.71. The third-order valence-electron chi connectivity index (χ3n) is 10.1. The van der Waals surface area contributed by atoms with Gasteiger partial charge in [0.15, 0.2) is 53.0 Å². The van der Waals surface area contributed by atoms with Gasteiger partial charge in [-0.15, -0.1) is 0 Å². The van der Waals surface area contributed by atoms with Crippen LogP contribution in [-0.4, -0.2) is 169 Å². The SMILES string of the molecule is COc1cc(/C=C/C(=O)O[C@H]2C(OC(=O)/C=C/c3cc(OC)c(O)c(OC)c3)O[C@H](CO[C@@H]3O[C@H](CO)[C@@H](O)[C@H](O)[C@H]3OC(=O)/C=C/c3cc(OC)c(O)c(OC)c3)[C@@H](O)[C@@H]2O)ccc1O. The van der Waals surface area contributed by atoms with Crippen molar-refractivity contribution in [3.63, 3.8) is 0 Å². The Balaban J connectivity index is 1.36. The van der Waals surface area contributed by atoms with Crippen molar-refractivity contribution in [2.75, 3.05) is 48.8 Å². The molecule has 66 heavy (non-hydrogen) atoms. The van der Waals surface area contributed by atoms with E-state index in [9.17, 15) is 55.2 Å². The van der Waals surface area contributed by atoms with E-state index in [1.165, 1.54) is 96.2 Å². The van der Waals surface area contributed by atoms with Crippen LogP contribution in [0.25, 0.3) is 18.2 Å². The molecule has 22 heteroatoms. The van der Waals surface area contributed by atoms with E-state index >= 15 is 0 Å². The van der Waals surface area contributed by atoms with Crippen molar-refractivity contribution in [1.29, 1.82) is 0 Å². The molecule has 0 spiro atoms. The van der Waals surface area contributed by atoms with Crippen molar-refractivity contribution < 1.29 is 107 Å². The predicted molar refractivity (Wildman–Crippen MR) is 224 cm³/mol. The molecule has 2 aliphatic heterocycles. The van der Waals surface area contributed by atoms with Crippen LogP contribution in [0.3, 0.4) is 0 Å². The van der Waals surface area contributed by atoms with E-state index < -0.39 is 92.5 Å². The predicted octanol–water partition coefficient (Wildman–Crippen LogP) is 0.556. The molecule has 22 nitrogen and oxygen atoms in total. The molecule has 2 saturated heterocycles. The molecule has 1 unspecified atom stereocenters. The van der Waals surface area contributed by atoms with Crippen LogP contribution < -0.4 is 23.7 Å². The first-order chi connectivity index (χ1) is 31.5. The third kappa shape index (κ3) is 12.2. The molecule has 0 aliphatic carbocycles. The van der Waals surface area contributed by atoms with Crippen LogP contribution in [0.5, 0.6) is 46.0 Å². The summed E-state index contributed by atoms with van der Waals surface area (Å²) >= 11 is 0. The standard InChI is InChI=1S/C44H50O22/c1-56-25-14-21(6-10-24(25)46)7-11-32(47)65-42-40(55)38(53)31(63-44(42)66-34(49)13-9-23-17-28(59-4)36(51)29(18-23)60-5)20-61-43-41(39(54)37(52)30(19-45)62-43)64-33(48)12-8-22-15-26(57-2)35(50)27(16-22)58-3/h6-18,30-31,37-46,50-55H,19-20H2,1-5H3/b11-7+,12-8+,13-9+/t30-,31-,37-,38-,39+,40+,41-,42-,43-,44?/m1/s1. The highest BCUT2D eigenvalue weighted by Crippen LogP contribution is 2.39. The fourth-order valence-electron chi connectivity index (χ4n) is 6.58. The molecule has 0 bridgehead atoms. The minimum absolute atomic E-state index is 0.0163. The Kier molecular flexibility index (Phi) is 17.6. The summed E-state index contributed by atoms with van der Waals surface area (Å²) in [7, 11) is 6.53. The average molecular weight is 931 g/mol. The van der Waals surface area contributed by atoms with Gasteiger partial charge >= 0.3 is 17.9 Å². The van der Waals surface area contributed by atoms with E-state index in [2.05, 4.69) is 0 Å². The summed E-state index contributed by atoms with van der Waals surface area (Å²) in [4.78, 5) is 39.4. The van der Waals surface area contributed by atoms with Gasteiger partial charge in [0.2, 0.25) is 17.8 Å². The van der Waals surface area contributed by atoms with Gasteiger partial charge in [0.1, 0.15) is 36.6 Å². The molecular weight excluding hydrogens is 880 g/mol. The zero-order valence-electron chi connectivity index (χ0n) is 36.0. The normalized spacial score (nSPS) is 25.4. The maximum Gasteiger partial charge on any atom is 0.333 e. The number of aliphatic hydroxyl groups is 5. The number of ether oxygens (including phenoxy) is 11. The van der Waals surface area contributed by atoms with Crippen molar-refractivity contribution in [3.8, 4) is 46.0 Å². The molecule has 5 rings (SSSR count). The molecule has 2 aliphatic rings. The molecule has 3 aromatic carbocycles. The highest BCUT2D eigenvalue weighted by molar-refractivity contribution is 5.89. The number of aliphatic hydroxyl groups excluding tert-OH is 5. The summed E-state index contributed by atoms with van der Waals surface area (Å²) < 4.78 is 59.1. The van der Waals surface area contributed by atoms with Crippen molar-refractivity contribution in [1.82, 2.24) is 0 Å². The van der Waals surface area contributed by atoms with Crippen LogP contribution in [-0.2, 0) is 42.8 Å². The van der Waals surface area contributed by atoms with E-state index in [0.717, 1.165) is 18.2 Å². The van der Waals surface area contributed by atoms with Crippen LogP contribution in [0, 0.1) is 0 Å². The quantitative estimate of drug-likeness (QED) is 0.0491. The first-order valence-corrected chi connectivity index (χ1v) is 19.7. The summed E-state index contributed by atoms with van der Waals surface area (Å²) in [6.07, 6.45) is -11.6. The van der Waals surface area contributed by atoms with E-state index in [1.807, 2.05) is 0 Å². The lowest BCUT2D eigenvalue weighted by Gasteiger charge is -2.43. The maximum atomic E-state index is 13.3. The Morgan fingerprint density at radius 3 is 1.38 bits per heavy atom. The maximum absolute atomic E-state index is 13.3. The van der Waals surface area contributed by atoms with Gasteiger partial charge in [-0.25, -0.2) is 14.4 Å². The van der Waals surface area contributed by atoms with Crippen molar-refractivity contribution in [2.24, 2.45) is 0 Å². The molecule has 3 aromatic rings. The summed E-state index contributed by atoms with van der Waals surface area (Å²) in [5, 5.41) is 84.5. The summed E-state index contributed by atoms with van der Waals surface area (Å²) in [5.74, 6) is -3.87. The number of carbonyl (C=O) groups excluding carboxylic acids is 3. The fourth-order valence-corrected chi connectivity index (χ4v) is 6.58. The van der Waals surface area contributed by atoms with Gasteiger partial charge in [0, 0.05) is 18.2 Å². The molecular formula is C44H50O22. The van der Waals surface area contributed by atoms with E-state index in [4.69, 9.17) is 52.1 Å². The van der Waals surface area contributed by atoms with E-state index in [0.29, 0.717) is 16.7 Å². The van der Waals surface area contributed by atoms with Gasteiger partial charge in [-0.3, -0.25) is 0 Å². The molecule has 0 radical (unpaired) electrons. The van der Waals surface area contributed by atoms with Gasteiger partial charge in [0.05, 0.1) is 48.8 Å². The van der Waals surface area contributed by atoms with E-state index in [-0.39, 0.29) is 46.0 Å². The Labute approximate surface area is 376 Å². The second-order valence-corrected chi connectivity index (χ2v) is 14.3. The van der Waals surface area contributed by atoms with Crippen LogP contribution in [0.4, 0.5) is 0 Å². The average Bonchev–Trinajstić information content (AvgIpc) is 3.31. The van der Waals surface area contributed by atoms with Crippen molar-refractivity contribution in [2.45, 2.75) is 61.4 Å². The van der Waals surface area contributed by atoms with Gasteiger partial charge in [-0.1, -0.05) is 6.07 Å². The number of esters is 3. The van der Waals surface area contributed by atoms with E-state index in [1.54, 1.807) is 0 Å². The number of hydrogen-bond acceptors (Lipinski definition) is 22. The Bertz CT molecular complexity index is 2210. The highest BCUT2D eigenvalue weighted by Gasteiger charge is 2.51. The zero-order chi connectivity index (χ0) is 48.2.